The second-order valence-electron chi connectivity index (χ2n) is 11.9. The Hall–Kier alpha value is -1.45. The Bertz CT molecular complexity index is 836. The van der Waals surface area contributed by atoms with Crippen molar-refractivity contribution < 1.29 is 19.5 Å². The van der Waals surface area contributed by atoms with Crippen LogP contribution in [0.5, 0.6) is 0 Å². The molecule has 5 aliphatic carbocycles. The van der Waals surface area contributed by atoms with Crippen molar-refractivity contribution in [1.29, 1.82) is 0 Å². The number of fused-ring (bicyclic) bond motifs is 2. The van der Waals surface area contributed by atoms with Crippen LogP contribution in [0.15, 0.2) is 11.6 Å². The van der Waals surface area contributed by atoms with Crippen LogP contribution in [0.1, 0.15) is 85.0 Å². The van der Waals surface area contributed by atoms with E-state index in [1.807, 2.05) is 13.8 Å². The molecule has 0 aromatic rings. The van der Waals surface area contributed by atoms with Gasteiger partial charge in [0.15, 0.2) is 0 Å². The molecular formula is C27H38O4. The molecule has 31 heavy (non-hydrogen) atoms. The van der Waals surface area contributed by atoms with Gasteiger partial charge in [0, 0.05) is 6.42 Å². The fourth-order valence-corrected chi connectivity index (χ4v) is 9.54. The molecular weight excluding hydrogens is 388 g/mol. The van der Waals surface area contributed by atoms with Gasteiger partial charge in [0.25, 0.3) is 0 Å². The third kappa shape index (κ3) is 2.35. The number of allylic oxidation sites excluding steroid dienone is 1. The summed E-state index contributed by atoms with van der Waals surface area (Å²) in [7, 11) is 0. The highest BCUT2D eigenvalue weighted by Crippen LogP contribution is 2.83. The van der Waals surface area contributed by atoms with E-state index in [0.29, 0.717) is 31.1 Å². The second-order valence-corrected chi connectivity index (χ2v) is 11.9. The van der Waals surface area contributed by atoms with Crippen LogP contribution in [-0.4, -0.2) is 23.1 Å². The van der Waals surface area contributed by atoms with Gasteiger partial charge in [0.1, 0.15) is 17.5 Å². The molecule has 0 spiro atoms. The first-order chi connectivity index (χ1) is 14.8. The summed E-state index contributed by atoms with van der Waals surface area (Å²) < 4.78 is 0. The average molecular weight is 427 g/mol. The summed E-state index contributed by atoms with van der Waals surface area (Å²) in [6, 6.07) is 0. The standard InChI is InChI=1S/C27H38O4/c1-16(2)22-12-19-13-25(15-28)21-10-9-17(3)20(21)14-26(19,27(22,25)24(30)31)23(29)11-18-7-5-4-6-8-18/h12,15-21H,4-11,13-14H2,1-3H3,(H,30,31)/t17-,19?,20-,21-,25?,26?,27+/m1/s1. The molecule has 3 unspecified atom stereocenters. The molecule has 0 aliphatic heterocycles. The molecule has 4 saturated carbocycles. The van der Waals surface area contributed by atoms with Gasteiger partial charge >= 0.3 is 5.97 Å². The topological polar surface area (TPSA) is 71.4 Å². The molecule has 4 bridgehead atoms. The van der Waals surface area contributed by atoms with E-state index in [1.54, 1.807) is 0 Å². The summed E-state index contributed by atoms with van der Waals surface area (Å²) in [5.41, 5.74) is -2.31. The lowest BCUT2D eigenvalue weighted by molar-refractivity contribution is -0.183. The van der Waals surface area contributed by atoms with E-state index >= 15 is 0 Å². The van der Waals surface area contributed by atoms with Crippen LogP contribution in [0.3, 0.4) is 0 Å². The Labute approximate surface area is 186 Å². The summed E-state index contributed by atoms with van der Waals surface area (Å²) in [5.74, 6) is 0.412. The third-order valence-electron chi connectivity index (χ3n) is 10.6. The maximum atomic E-state index is 14.3. The first-order valence-corrected chi connectivity index (χ1v) is 12.7. The van der Waals surface area contributed by atoms with Crippen molar-refractivity contribution in [2.45, 2.75) is 85.0 Å². The molecule has 0 heterocycles. The van der Waals surface area contributed by atoms with E-state index in [2.05, 4.69) is 13.0 Å². The fourth-order valence-electron chi connectivity index (χ4n) is 9.54. The van der Waals surface area contributed by atoms with Gasteiger partial charge in [-0.3, -0.25) is 9.59 Å². The van der Waals surface area contributed by atoms with E-state index in [1.165, 1.54) is 19.3 Å². The molecule has 4 nitrogen and oxygen atoms in total. The van der Waals surface area contributed by atoms with E-state index in [-0.39, 0.29) is 29.5 Å². The third-order valence-corrected chi connectivity index (χ3v) is 10.6. The Kier molecular flexibility index (Phi) is 4.85. The molecule has 170 valence electrons. The SMILES string of the molecule is CC(C)C1=CC2CC3(C=O)[C@@H]4CC[C@@H](C)[C@H]4CC2(C(=O)CC2CCCCC2)[C@]13C(=O)O. The van der Waals surface area contributed by atoms with Gasteiger partial charge < -0.3 is 9.90 Å². The van der Waals surface area contributed by atoms with Gasteiger partial charge in [-0.05, 0) is 54.8 Å². The van der Waals surface area contributed by atoms with Crippen molar-refractivity contribution in [3.8, 4) is 0 Å². The zero-order valence-electron chi connectivity index (χ0n) is 19.4. The Morgan fingerprint density at radius 1 is 1.13 bits per heavy atom. The first kappa shape index (κ1) is 21.4. The molecule has 0 radical (unpaired) electrons. The largest absolute Gasteiger partial charge is 0.481 e. The smallest absolute Gasteiger partial charge is 0.315 e. The highest BCUT2D eigenvalue weighted by Gasteiger charge is 2.86. The van der Waals surface area contributed by atoms with Crippen LogP contribution in [0.4, 0.5) is 0 Å². The highest BCUT2D eigenvalue weighted by molar-refractivity contribution is 6.01. The Morgan fingerprint density at radius 3 is 2.45 bits per heavy atom. The van der Waals surface area contributed by atoms with Gasteiger partial charge in [0.2, 0.25) is 0 Å². The summed E-state index contributed by atoms with van der Waals surface area (Å²) in [4.78, 5) is 40.7. The minimum absolute atomic E-state index is 0.0259. The lowest BCUT2D eigenvalue weighted by Gasteiger charge is -2.58. The minimum Gasteiger partial charge on any atom is -0.481 e. The molecule has 0 aromatic carbocycles. The number of carboxylic acid groups (broad SMARTS) is 1. The number of ketones is 1. The van der Waals surface area contributed by atoms with Crippen LogP contribution in [0.2, 0.25) is 0 Å². The average Bonchev–Trinajstić information content (AvgIpc) is 3.32. The Morgan fingerprint density at radius 2 is 1.84 bits per heavy atom. The van der Waals surface area contributed by atoms with Crippen molar-refractivity contribution >= 4 is 18.0 Å². The maximum absolute atomic E-state index is 14.3. The summed E-state index contributed by atoms with van der Waals surface area (Å²) in [6.45, 7) is 6.33. The molecule has 5 rings (SSSR count). The van der Waals surface area contributed by atoms with Gasteiger partial charge in [-0.1, -0.05) is 70.9 Å². The van der Waals surface area contributed by atoms with E-state index < -0.39 is 22.2 Å². The predicted molar refractivity (Wildman–Crippen MR) is 118 cm³/mol. The summed E-state index contributed by atoms with van der Waals surface area (Å²) in [5, 5.41) is 11.0. The van der Waals surface area contributed by atoms with Crippen LogP contribution in [-0.2, 0) is 14.4 Å². The van der Waals surface area contributed by atoms with Gasteiger partial charge in [0.05, 0.1) is 10.8 Å². The van der Waals surface area contributed by atoms with Crippen molar-refractivity contribution in [2.24, 2.45) is 51.8 Å². The number of carbonyl (C=O) groups is 3. The molecule has 0 aromatic heterocycles. The number of aldehydes is 1. The number of hydrogen-bond donors (Lipinski definition) is 1. The molecule has 1 N–H and O–H groups in total. The van der Waals surface area contributed by atoms with Crippen LogP contribution < -0.4 is 0 Å². The summed E-state index contributed by atoms with van der Waals surface area (Å²) in [6.07, 6.45) is 12.6. The minimum atomic E-state index is -1.34. The van der Waals surface area contributed by atoms with Gasteiger partial charge in [-0.25, -0.2) is 0 Å². The van der Waals surface area contributed by atoms with Gasteiger partial charge in [-0.15, -0.1) is 0 Å². The van der Waals surface area contributed by atoms with Crippen LogP contribution >= 0.6 is 0 Å². The van der Waals surface area contributed by atoms with Crippen molar-refractivity contribution in [2.75, 3.05) is 0 Å². The molecule has 7 atom stereocenters. The van der Waals surface area contributed by atoms with Crippen molar-refractivity contribution in [1.82, 2.24) is 0 Å². The number of carbonyl (C=O) groups excluding carboxylic acids is 2. The monoisotopic (exact) mass is 426 g/mol. The van der Waals surface area contributed by atoms with Crippen LogP contribution in [0.25, 0.3) is 0 Å². The summed E-state index contributed by atoms with van der Waals surface area (Å²) >= 11 is 0. The molecule has 0 amide bonds. The van der Waals surface area contributed by atoms with Crippen LogP contribution in [0, 0.1) is 51.8 Å². The molecule has 4 heteroatoms. The zero-order chi connectivity index (χ0) is 22.2. The van der Waals surface area contributed by atoms with Crippen molar-refractivity contribution in [3.05, 3.63) is 11.6 Å². The second kappa shape index (κ2) is 7.02. The number of rotatable bonds is 6. The van der Waals surface area contributed by atoms with Gasteiger partial charge in [-0.2, -0.15) is 0 Å². The lowest BCUT2D eigenvalue weighted by Crippen LogP contribution is -2.64. The van der Waals surface area contributed by atoms with E-state index in [4.69, 9.17) is 0 Å². The molecule has 4 fully saturated rings. The van der Waals surface area contributed by atoms with E-state index in [9.17, 15) is 19.5 Å². The fraction of sp³-hybridized carbons (Fsp3) is 0.815. The number of hydrogen-bond acceptors (Lipinski definition) is 3. The number of aliphatic carboxylic acids is 1. The van der Waals surface area contributed by atoms with E-state index in [0.717, 1.165) is 37.5 Å². The molecule has 0 saturated heterocycles. The quantitative estimate of drug-likeness (QED) is 0.453. The normalized spacial score (nSPS) is 46.1. The highest BCUT2D eigenvalue weighted by atomic mass is 16.4. The first-order valence-electron chi connectivity index (χ1n) is 12.7. The number of carboxylic acids is 1. The van der Waals surface area contributed by atoms with Crippen molar-refractivity contribution in [3.63, 3.8) is 0 Å². The maximum Gasteiger partial charge on any atom is 0.315 e. The number of Topliss-reactive ketones (excluding diaryl/α,β-unsaturated/α-hetero) is 1. The Balaban J connectivity index is 1.69. The molecule has 5 aliphatic rings. The predicted octanol–water partition coefficient (Wildman–Crippen LogP) is 5.45. The lowest BCUT2D eigenvalue weighted by atomic mass is 9.41. The zero-order valence-corrected chi connectivity index (χ0v) is 19.4.